The molecule has 0 heterocycles. The van der Waals surface area contributed by atoms with Gasteiger partial charge in [0, 0.05) is 12.1 Å². The van der Waals surface area contributed by atoms with Gasteiger partial charge >= 0.3 is 5.97 Å². The van der Waals surface area contributed by atoms with Gasteiger partial charge in [-0.05, 0) is 38.0 Å². The van der Waals surface area contributed by atoms with E-state index in [1.807, 2.05) is 0 Å². The van der Waals surface area contributed by atoms with Crippen molar-refractivity contribution < 1.29 is 23.8 Å². The number of hydrogen-bond acceptors (Lipinski definition) is 5. The third-order valence-corrected chi connectivity index (χ3v) is 4.34. The average Bonchev–Trinajstić information content (AvgIpc) is 2.58. The lowest BCUT2D eigenvalue weighted by Gasteiger charge is -2.39. The van der Waals surface area contributed by atoms with Crippen LogP contribution in [0.15, 0.2) is 18.2 Å². The average molecular weight is 345 g/mol. The van der Waals surface area contributed by atoms with Gasteiger partial charge in [-0.15, -0.1) is 6.42 Å². The van der Waals surface area contributed by atoms with Crippen LogP contribution in [-0.4, -0.2) is 38.7 Å². The van der Waals surface area contributed by atoms with Gasteiger partial charge in [-0.2, -0.15) is 0 Å². The maximum absolute atomic E-state index is 12.4. The van der Waals surface area contributed by atoms with Crippen molar-refractivity contribution in [3.05, 3.63) is 23.8 Å². The Morgan fingerprint density at radius 1 is 1.32 bits per heavy atom. The number of rotatable bonds is 8. The van der Waals surface area contributed by atoms with Gasteiger partial charge in [-0.25, -0.2) is 0 Å². The molecule has 134 valence electrons. The van der Waals surface area contributed by atoms with Crippen molar-refractivity contribution in [1.29, 1.82) is 0 Å². The number of methoxy groups -OCH3 is 1. The van der Waals surface area contributed by atoms with E-state index in [-0.39, 0.29) is 25.0 Å². The van der Waals surface area contributed by atoms with Crippen LogP contribution in [0.5, 0.6) is 11.5 Å². The highest BCUT2D eigenvalue weighted by molar-refractivity contribution is 5.95. The second-order valence-corrected chi connectivity index (χ2v) is 5.90. The Balaban J connectivity index is 2.03. The molecule has 6 heteroatoms. The maximum atomic E-state index is 12.4. The summed E-state index contributed by atoms with van der Waals surface area (Å²) in [7, 11) is 1.49. The molecule has 1 aliphatic carbocycles. The fraction of sp³-hybridized carbons (Fsp3) is 0.474. The molecule has 25 heavy (non-hydrogen) atoms. The van der Waals surface area contributed by atoms with Crippen molar-refractivity contribution in [1.82, 2.24) is 5.32 Å². The molecule has 0 aromatic heterocycles. The molecule has 0 aliphatic heterocycles. The third-order valence-electron chi connectivity index (χ3n) is 4.34. The fourth-order valence-corrected chi connectivity index (χ4v) is 2.74. The zero-order chi connectivity index (χ0) is 18.3. The molecule has 0 atom stereocenters. The lowest BCUT2D eigenvalue weighted by molar-refractivity contribution is -0.160. The summed E-state index contributed by atoms with van der Waals surface area (Å²) >= 11 is 0. The molecule has 0 radical (unpaired) electrons. The van der Waals surface area contributed by atoms with Gasteiger partial charge in [0.05, 0.1) is 19.1 Å². The van der Waals surface area contributed by atoms with E-state index in [0.717, 1.165) is 19.3 Å². The number of esters is 1. The van der Waals surface area contributed by atoms with Crippen molar-refractivity contribution >= 4 is 11.9 Å². The van der Waals surface area contributed by atoms with Gasteiger partial charge in [0.25, 0.3) is 5.91 Å². The maximum Gasteiger partial charge on any atom is 0.313 e. The summed E-state index contributed by atoms with van der Waals surface area (Å²) in [6, 6.07) is 4.84. The highest BCUT2D eigenvalue weighted by atomic mass is 16.5. The minimum Gasteiger partial charge on any atom is -0.493 e. The molecule has 0 saturated heterocycles. The first-order valence-corrected chi connectivity index (χ1v) is 8.26. The number of hydrogen-bond donors (Lipinski definition) is 1. The quantitative estimate of drug-likeness (QED) is 0.577. The van der Waals surface area contributed by atoms with Crippen LogP contribution in [-0.2, 0) is 9.53 Å². The fourth-order valence-electron chi connectivity index (χ4n) is 2.74. The highest BCUT2D eigenvalue weighted by Gasteiger charge is 2.45. The molecular weight excluding hydrogens is 322 g/mol. The van der Waals surface area contributed by atoms with Crippen molar-refractivity contribution in [2.75, 3.05) is 26.9 Å². The van der Waals surface area contributed by atoms with Crippen LogP contribution in [0.3, 0.4) is 0 Å². The first-order valence-electron chi connectivity index (χ1n) is 8.26. The molecule has 1 aromatic carbocycles. The van der Waals surface area contributed by atoms with E-state index in [1.54, 1.807) is 25.1 Å². The molecule has 1 amide bonds. The SMILES string of the molecule is C#CCOc1ccc(C(=O)NCC2(C(=O)OCC)CCC2)cc1OC. The van der Waals surface area contributed by atoms with Crippen LogP contribution in [0.1, 0.15) is 36.5 Å². The molecule has 1 saturated carbocycles. The van der Waals surface area contributed by atoms with E-state index < -0.39 is 5.41 Å². The molecule has 6 nitrogen and oxygen atoms in total. The smallest absolute Gasteiger partial charge is 0.313 e. The number of amides is 1. The van der Waals surface area contributed by atoms with Gasteiger partial charge in [0.2, 0.25) is 0 Å². The first kappa shape index (κ1) is 18.7. The van der Waals surface area contributed by atoms with Crippen LogP contribution in [0.2, 0.25) is 0 Å². The zero-order valence-electron chi connectivity index (χ0n) is 14.6. The van der Waals surface area contributed by atoms with Gasteiger partial charge in [-0.1, -0.05) is 12.3 Å². The van der Waals surface area contributed by atoms with E-state index in [1.165, 1.54) is 7.11 Å². The standard InChI is InChI=1S/C19H23NO5/c1-4-11-25-15-8-7-14(12-16(15)23-3)17(21)20-13-19(9-6-10-19)18(22)24-5-2/h1,7-8,12H,5-6,9-11,13H2,2-3H3,(H,20,21). The number of ether oxygens (including phenoxy) is 3. The van der Waals surface area contributed by atoms with Gasteiger partial charge in [0.1, 0.15) is 6.61 Å². The number of carbonyl (C=O) groups is 2. The number of carbonyl (C=O) groups excluding carboxylic acids is 2. The van der Waals surface area contributed by atoms with Crippen molar-refractivity contribution in [3.63, 3.8) is 0 Å². The Kier molecular flexibility index (Phi) is 6.29. The first-order chi connectivity index (χ1) is 12.1. The summed E-state index contributed by atoms with van der Waals surface area (Å²) in [6.07, 6.45) is 7.60. The largest absolute Gasteiger partial charge is 0.493 e. The molecule has 0 unspecified atom stereocenters. The lowest BCUT2D eigenvalue weighted by atomic mass is 9.68. The molecular formula is C19H23NO5. The summed E-state index contributed by atoms with van der Waals surface area (Å²) < 4.78 is 15.7. The summed E-state index contributed by atoms with van der Waals surface area (Å²) in [4.78, 5) is 24.5. The molecule has 0 spiro atoms. The lowest BCUT2D eigenvalue weighted by Crippen LogP contribution is -2.48. The van der Waals surface area contributed by atoms with Crippen LogP contribution in [0, 0.1) is 17.8 Å². The molecule has 1 aromatic rings. The predicted molar refractivity (Wildman–Crippen MR) is 92.6 cm³/mol. The monoisotopic (exact) mass is 345 g/mol. The molecule has 1 aliphatic rings. The number of terminal acetylenes is 1. The van der Waals surface area contributed by atoms with E-state index in [4.69, 9.17) is 20.6 Å². The Labute approximate surface area is 147 Å². The van der Waals surface area contributed by atoms with Crippen LogP contribution < -0.4 is 14.8 Å². The second kappa shape index (κ2) is 8.43. The molecule has 1 fully saturated rings. The topological polar surface area (TPSA) is 73.9 Å². The predicted octanol–water partition coefficient (Wildman–Crippen LogP) is 2.17. The van der Waals surface area contributed by atoms with Crippen LogP contribution in [0.4, 0.5) is 0 Å². The minimum atomic E-state index is -0.592. The Hall–Kier alpha value is -2.68. The summed E-state index contributed by atoms with van der Waals surface area (Å²) in [5.41, 5.74) is -0.172. The summed E-state index contributed by atoms with van der Waals surface area (Å²) in [5.74, 6) is 2.75. The molecule has 1 N–H and O–H groups in total. The van der Waals surface area contributed by atoms with Crippen LogP contribution >= 0.6 is 0 Å². The third kappa shape index (κ3) is 4.24. The summed E-state index contributed by atoms with van der Waals surface area (Å²) in [5, 5.41) is 2.83. The van der Waals surface area contributed by atoms with Gasteiger partial charge in [-0.3, -0.25) is 9.59 Å². The van der Waals surface area contributed by atoms with Crippen molar-refractivity contribution in [2.24, 2.45) is 5.41 Å². The number of benzene rings is 1. The van der Waals surface area contributed by atoms with E-state index in [9.17, 15) is 9.59 Å². The van der Waals surface area contributed by atoms with Crippen LogP contribution in [0.25, 0.3) is 0 Å². The Morgan fingerprint density at radius 3 is 2.64 bits per heavy atom. The molecule has 2 rings (SSSR count). The van der Waals surface area contributed by atoms with Gasteiger partial charge < -0.3 is 19.5 Å². The minimum absolute atomic E-state index is 0.115. The highest BCUT2D eigenvalue weighted by Crippen LogP contribution is 2.41. The van der Waals surface area contributed by atoms with Crippen molar-refractivity contribution in [3.8, 4) is 23.8 Å². The number of nitrogens with one attached hydrogen (secondary N) is 1. The van der Waals surface area contributed by atoms with E-state index in [0.29, 0.717) is 23.7 Å². The van der Waals surface area contributed by atoms with E-state index in [2.05, 4.69) is 11.2 Å². The normalized spacial score (nSPS) is 14.6. The van der Waals surface area contributed by atoms with Gasteiger partial charge in [0.15, 0.2) is 11.5 Å². The van der Waals surface area contributed by atoms with E-state index >= 15 is 0 Å². The van der Waals surface area contributed by atoms with Crippen molar-refractivity contribution in [2.45, 2.75) is 26.2 Å². The summed E-state index contributed by atoms with van der Waals surface area (Å²) in [6.45, 7) is 2.50. The molecule has 0 bridgehead atoms. The zero-order valence-corrected chi connectivity index (χ0v) is 14.6. The Morgan fingerprint density at radius 2 is 2.08 bits per heavy atom. The second-order valence-electron chi connectivity index (χ2n) is 5.90. The Bertz CT molecular complexity index is 673.